The summed E-state index contributed by atoms with van der Waals surface area (Å²) in [6.07, 6.45) is 68.4. The van der Waals surface area contributed by atoms with Gasteiger partial charge in [-0.05, 0) is 57.8 Å². The van der Waals surface area contributed by atoms with Crippen molar-refractivity contribution in [1.29, 1.82) is 0 Å². The van der Waals surface area contributed by atoms with Crippen LogP contribution in [0.15, 0.2) is 36.5 Å². The standard InChI is InChI=1S/C62H114O6/c1-4-7-10-13-16-19-22-25-28-30-31-33-34-37-40-43-46-49-52-55-61(64)67-58-59(57-66-60(63)54-51-48-45-42-39-36-27-24-21-18-15-12-9-6-3)68-62(65)56-53-50-47-44-41-38-35-32-29-26-23-20-17-14-11-8-5-2/h16,19,25,28,31,33,59H,4-15,17-18,20-24,26-27,29-30,32,34-58H2,1-3H3/b19-16-,28-25-,33-31-/t59-/m1/s1. The molecule has 0 N–H and O–H groups in total. The molecule has 6 nitrogen and oxygen atoms in total. The minimum atomic E-state index is -0.773. The van der Waals surface area contributed by atoms with E-state index in [1.807, 2.05) is 0 Å². The molecule has 0 aliphatic carbocycles. The van der Waals surface area contributed by atoms with E-state index >= 15 is 0 Å². The summed E-state index contributed by atoms with van der Waals surface area (Å²) in [5.41, 5.74) is 0. The first-order valence-electron chi connectivity index (χ1n) is 30.0. The van der Waals surface area contributed by atoms with Crippen LogP contribution in [0.1, 0.15) is 323 Å². The van der Waals surface area contributed by atoms with E-state index in [1.54, 1.807) is 0 Å². The second-order valence-corrected chi connectivity index (χ2v) is 20.3. The van der Waals surface area contributed by atoms with E-state index in [-0.39, 0.29) is 31.1 Å². The number of allylic oxidation sites excluding steroid dienone is 6. The average molecular weight is 956 g/mol. The lowest BCUT2D eigenvalue weighted by molar-refractivity contribution is -0.167. The molecule has 398 valence electrons. The van der Waals surface area contributed by atoms with Crippen molar-refractivity contribution >= 4 is 17.9 Å². The second kappa shape index (κ2) is 57.2. The Morgan fingerprint density at radius 3 is 0.853 bits per heavy atom. The highest BCUT2D eigenvalue weighted by molar-refractivity contribution is 5.71. The first-order chi connectivity index (χ1) is 33.5. The molecule has 0 aromatic heterocycles. The van der Waals surface area contributed by atoms with Gasteiger partial charge in [-0.2, -0.15) is 0 Å². The predicted octanol–water partition coefficient (Wildman–Crippen LogP) is 20.0. The highest BCUT2D eigenvalue weighted by atomic mass is 16.6. The maximum atomic E-state index is 12.9. The van der Waals surface area contributed by atoms with E-state index in [2.05, 4.69) is 57.2 Å². The summed E-state index contributed by atoms with van der Waals surface area (Å²) in [5, 5.41) is 0. The third-order valence-corrected chi connectivity index (χ3v) is 13.4. The van der Waals surface area contributed by atoms with Crippen molar-refractivity contribution < 1.29 is 28.6 Å². The molecule has 0 aliphatic rings. The molecule has 1 atom stereocenters. The molecule has 0 spiro atoms. The van der Waals surface area contributed by atoms with Gasteiger partial charge in [-0.3, -0.25) is 14.4 Å². The second-order valence-electron chi connectivity index (χ2n) is 20.3. The van der Waals surface area contributed by atoms with Crippen molar-refractivity contribution in [3.05, 3.63) is 36.5 Å². The lowest BCUT2D eigenvalue weighted by Crippen LogP contribution is -2.30. The third kappa shape index (κ3) is 54.6. The SMILES string of the molecule is CCCCC/C=C\C/C=C\C/C=C\CCCCCCCCC(=O)OC[C@@H](COC(=O)CCCCCCCCCCCCCCCC)OC(=O)CCCCCCCCCCCCCCCCCCC. The van der Waals surface area contributed by atoms with Crippen LogP contribution >= 0.6 is 0 Å². The Morgan fingerprint density at radius 2 is 0.529 bits per heavy atom. The average Bonchev–Trinajstić information content (AvgIpc) is 3.34. The van der Waals surface area contributed by atoms with Gasteiger partial charge in [0.2, 0.25) is 0 Å². The zero-order chi connectivity index (χ0) is 49.3. The maximum absolute atomic E-state index is 12.9. The minimum absolute atomic E-state index is 0.0712. The molecule has 6 heteroatoms. The number of ether oxygens (including phenoxy) is 3. The number of unbranched alkanes of at least 4 members (excludes halogenated alkanes) is 38. The minimum Gasteiger partial charge on any atom is -0.462 e. The molecule has 0 saturated heterocycles. The fraction of sp³-hybridized carbons (Fsp3) is 0.855. The van der Waals surface area contributed by atoms with Gasteiger partial charge in [0, 0.05) is 19.3 Å². The van der Waals surface area contributed by atoms with Gasteiger partial charge < -0.3 is 14.2 Å². The maximum Gasteiger partial charge on any atom is 0.306 e. The molecule has 0 amide bonds. The van der Waals surface area contributed by atoms with Crippen LogP contribution in [0.4, 0.5) is 0 Å². The van der Waals surface area contributed by atoms with Crippen LogP contribution in [0.25, 0.3) is 0 Å². The van der Waals surface area contributed by atoms with Crippen molar-refractivity contribution in [3.63, 3.8) is 0 Å². The van der Waals surface area contributed by atoms with Crippen LogP contribution in [0.3, 0.4) is 0 Å². The Labute approximate surface area is 423 Å². The summed E-state index contributed by atoms with van der Waals surface area (Å²) in [5.74, 6) is -0.862. The lowest BCUT2D eigenvalue weighted by Gasteiger charge is -2.18. The zero-order valence-electron chi connectivity index (χ0n) is 45.6. The van der Waals surface area contributed by atoms with Crippen LogP contribution < -0.4 is 0 Å². The van der Waals surface area contributed by atoms with Gasteiger partial charge >= 0.3 is 17.9 Å². The molecule has 0 aromatic carbocycles. The van der Waals surface area contributed by atoms with Crippen molar-refractivity contribution in [2.45, 2.75) is 329 Å². The molecule has 0 heterocycles. The van der Waals surface area contributed by atoms with E-state index in [9.17, 15) is 14.4 Å². The van der Waals surface area contributed by atoms with E-state index in [4.69, 9.17) is 14.2 Å². The number of hydrogen-bond donors (Lipinski definition) is 0. The normalized spacial score (nSPS) is 12.2. The Kier molecular flexibility index (Phi) is 55.2. The first-order valence-corrected chi connectivity index (χ1v) is 30.0. The molecule has 0 rings (SSSR count). The van der Waals surface area contributed by atoms with Gasteiger partial charge in [0.05, 0.1) is 0 Å². The van der Waals surface area contributed by atoms with Gasteiger partial charge in [-0.15, -0.1) is 0 Å². The van der Waals surface area contributed by atoms with E-state index < -0.39 is 6.10 Å². The topological polar surface area (TPSA) is 78.9 Å². The quantitative estimate of drug-likeness (QED) is 0.0262. The van der Waals surface area contributed by atoms with Crippen LogP contribution in [0, 0.1) is 0 Å². The summed E-state index contributed by atoms with van der Waals surface area (Å²) in [4.78, 5) is 38.2. The van der Waals surface area contributed by atoms with Crippen molar-refractivity contribution in [2.75, 3.05) is 13.2 Å². The Balaban J connectivity index is 4.35. The Morgan fingerprint density at radius 1 is 0.294 bits per heavy atom. The number of carbonyl (C=O) groups is 3. The lowest BCUT2D eigenvalue weighted by atomic mass is 10.0. The van der Waals surface area contributed by atoms with E-state index in [0.29, 0.717) is 19.3 Å². The van der Waals surface area contributed by atoms with Gasteiger partial charge in [-0.25, -0.2) is 0 Å². The van der Waals surface area contributed by atoms with Crippen molar-refractivity contribution in [1.82, 2.24) is 0 Å². The van der Waals surface area contributed by atoms with Crippen molar-refractivity contribution in [3.8, 4) is 0 Å². The van der Waals surface area contributed by atoms with E-state index in [1.165, 1.54) is 205 Å². The monoisotopic (exact) mass is 955 g/mol. The highest BCUT2D eigenvalue weighted by Crippen LogP contribution is 2.17. The highest BCUT2D eigenvalue weighted by Gasteiger charge is 2.19. The fourth-order valence-electron chi connectivity index (χ4n) is 8.86. The summed E-state index contributed by atoms with van der Waals surface area (Å²) < 4.78 is 16.9. The van der Waals surface area contributed by atoms with Gasteiger partial charge in [0.1, 0.15) is 13.2 Å². The molecule has 0 fully saturated rings. The smallest absolute Gasteiger partial charge is 0.306 e. The number of hydrogen-bond acceptors (Lipinski definition) is 6. The molecule has 0 saturated carbocycles. The Bertz CT molecular complexity index is 1140. The molecule has 0 radical (unpaired) electrons. The summed E-state index contributed by atoms with van der Waals surface area (Å²) in [7, 11) is 0. The molecule has 0 aromatic rings. The predicted molar refractivity (Wildman–Crippen MR) is 293 cm³/mol. The molecular weight excluding hydrogens is 841 g/mol. The van der Waals surface area contributed by atoms with Crippen LogP contribution in [-0.4, -0.2) is 37.2 Å². The molecule has 0 bridgehead atoms. The van der Waals surface area contributed by atoms with Crippen LogP contribution in [0.5, 0.6) is 0 Å². The summed E-state index contributed by atoms with van der Waals surface area (Å²) in [6.45, 7) is 6.65. The van der Waals surface area contributed by atoms with Gasteiger partial charge in [0.25, 0.3) is 0 Å². The molecule has 0 unspecified atom stereocenters. The van der Waals surface area contributed by atoms with E-state index in [0.717, 1.165) is 77.0 Å². The van der Waals surface area contributed by atoms with Gasteiger partial charge in [0.15, 0.2) is 6.10 Å². The fourth-order valence-corrected chi connectivity index (χ4v) is 8.86. The van der Waals surface area contributed by atoms with Crippen LogP contribution in [0.2, 0.25) is 0 Å². The summed E-state index contributed by atoms with van der Waals surface area (Å²) >= 11 is 0. The molecular formula is C62H114O6. The summed E-state index contributed by atoms with van der Waals surface area (Å²) in [6, 6.07) is 0. The number of carbonyl (C=O) groups excluding carboxylic acids is 3. The molecule has 68 heavy (non-hydrogen) atoms. The first kappa shape index (κ1) is 65.6. The molecule has 0 aliphatic heterocycles. The zero-order valence-corrected chi connectivity index (χ0v) is 45.6. The van der Waals surface area contributed by atoms with Crippen molar-refractivity contribution in [2.24, 2.45) is 0 Å². The Hall–Kier alpha value is -2.37. The van der Waals surface area contributed by atoms with Gasteiger partial charge in [-0.1, -0.05) is 282 Å². The largest absolute Gasteiger partial charge is 0.462 e. The third-order valence-electron chi connectivity index (χ3n) is 13.4. The number of esters is 3. The number of rotatable bonds is 55. The van der Waals surface area contributed by atoms with Crippen LogP contribution in [-0.2, 0) is 28.6 Å².